The van der Waals surface area contributed by atoms with E-state index >= 15 is 0 Å². The Morgan fingerprint density at radius 1 is 1.09 bits per heavy atom. The predicted molar refractivity (Wildman–Crippen MR) is 92.6 cm³/mol. The molecule has 23 heavy (non-hydrogen) atoms. The molecule has 0 radical (unpaired) electrons. The molecule has 5 nitrogen and oxygen atoms in total. The Labute approximate surface area is 134 Å². The van der Waals surface area contributed by atoms with E-state index in [2.05, 4.69) is 10.3 Å². The van der Waals surface area contributed by atoms with Crippen LogP contribution in [0.3, 0.4) is 0 Å². The monoisotopic (exact) mass is 309 g/mol. The summed E-state index contributed by atoms with van der Waals surface area (Å²) in [5, 5.41) is 14.2. The zero-order chi connectivity index (χ0) is 16.1. The zero-order valence-corrected chi connectivity index (χ0v) is 12.6. The largest absolute Gasteiger partial charge is 0.491 e. The molecule has 0 fully saturated rings. The first-order valence-corrected chi connectivity index (χ1v) is 7.47. The van der Waals surface area contributed by atoms with Crippen LogP contribution < -0.4 is 15.8 Å². The average molecular weight is 309 g/mol. The number of nitrogens with two attached hydrogens (primary N) is 1. The van der Waals surface area contributed by atoms with E-state index in [4.69, 9.17) is 10.5 Å². The SMILES string of the molecule is Nc1ccc(NCC(O)COc2ccccc2)c2ncccc12. The normalized spacial score (nSPS) is 12.0. The molecule has 0 bridgehead atoms. The van der Waals surface area contributed by atoms with Gasteiger partial charge in [-0.25, -0.2) is 0 Å². The first-order valence-electron chi connectivity index (χ1n) is 7.47. The lowest BCUT2D eigenvalue weighted by atomic mass is 10.1. The molecule has 4 N–H and O–H groups in total. The Morgan fingerprint density at radius 2 is 1.91 bits per heavy atom. The molecule has 1 unspecified atom stereocenters. The maximum atomic E-state index is 10.1. The van der Waals surface area contributed by atoms with Gasteiger partial charge in [0.1, 0.15) is 18.5 Å². The Kier molecular flexibility index (Phi) is 4.59. The molecule has 0 aliphatic carbocycles. The predicted octanol–water partition coefficient (Wildman–Crippen LogP) is 2.67. The molecule has 1 aromatic heterocycles. The molecule has 0 saturated carbocycles. The number of aliphatic hydroxyl groups is 1. The molecular formula is C18H19N3O2. The lowest BCUT2D eigenvalue weighted by molar-refractivity contribution is 0.117. The number of nitrogen functional groups attached to an aromatic ring is 1. The second kappa shape index (κ2) is 6.98. The quantitative estimate of drug-likeness (QED) is 0.610. The summed E-state index contributed by atoms with van der Waals surface area (Å²) >= 11 is 0. The number of nitrogens with one attached hydrogen (secondary N) is 1. The molecule has 1 atom stereocenters. The van der Waals surface area contributed by atoms with E-state index in [9.17, 15) is 5.11 Å². The lowest BCUT2D eigenvalue weighted by Crippen LogP contribution is -2.26. The van der Waals surface area contributed by atoms with E-state index in [0.717, 1.165) is 22.3 Å². The fourth-order valence-corrected chi connectivity index (χ4v) is 2.33. The Hall–Kier alpha value is -2.79. The number of fused-ring (bicyclic) bond motifs is 1. The summed E-state index contributed by atoms with van der Waals surface area (Å²) in [6, 6.07) is 16.9. The first-order chi connectivity index (χ1) is 11.2. The number of ether oxygens (including phenoxy) is 1. The minimum atomic E-state index is -0.633. The third-order valence-corrected chi connectivity index (χ3v) is 3.52. The zero-order valence-electron chi connectivity index (χ0n) is 12.6. The second-order valence-corrected chi connectivity index (χ2v) is 5.26. The molecule has 0 saturated heterocycles. The fraction of sp³-hybridized carbons (Fsp3) is 0.167. The topological polar surface area (TPSA) is 80.4 Å². The molecule has 2 aromatic carbocycles. The van der Waals surface area contributed by atoms with E-state index < -0.39 is 6.10 Å². The minimum absolute atomic E-state index is 0.220. The van der Waals surface area contributed by atoms with E-state index in [1.54, 1.807) is 6.20 Å². The average Bonchev–Trinajstić information content (AvgIpc) is 2.60. The maximum Gasteiger partial charge on any atom is 0.119 e. The van der Waals surface area contributed by atoms with E-state index in [1.165, 1.54) is 0 Å². The minimum Gasteiger partial charge on any atom is -0.491 e. The number of anilines is 2. The molecule has 1 heterocycles. The number of nitrogens with zero attached hydrogens (tertiary/aromatic N) is 1. The van der Waals surface area contributed by atoms with Gasteiger partial charge in [-0.1, -0.05) is 18.2 Å². The van der Waals surface area contributed by atoms with Crippen LogP contribution in [-0.4, -0.2) is 29.3 Å². The van der Waals surface area contributed by atoms with Gasteiger partial charge in [0, 0.05) is 23.8 Å². The molecule has 0 aliphatic rings. The summed E-state index contributed by atoms with van der Waals surface area (Å²) in [5.74, 6) is 0.742. The van der Waals surface area contributed by atoms with Gasteiger partial charge in [-0.3, -0.25) is 4.98 Å². The van der Waals surface area contributed by atoms with Crippen molar-refractivity contribution < 1.29 is 9.84 Å². The van der Waals surface area contributed by atoms with Gasteiger partial charge in [0.15, 0.2) is 0 Å². The molecule has 5 heteroatoms. The summed E-state index contributed by atoms with van der Waals surface area (Å²) in [6.07, 6.45) is 1.09. The summed E-state index contributed by atoms with van der Waals surface area (Å²) in [7, 11) is 0. The van der Waals surface area contributed by atoms with E-state index in [0.29, 0.717) is 12.2 Å². The smallest absolute Gasteiger partial charge is 0.119 e. The van der Waals surface area contributed by atoms with Crippen LogP contribution in [0, 0.1) is 0 Å². The number of aromatic nitrogens is 1. The van der Waals surface area contributed by atoms with Crippen molar-refractivity contribution in [2.75, 3.05) is 24.2 Å². The highest BCUT2D eigenvalue weighted by atomic mass is 16.5. The summed E-state index contributed by atoms with van der Waals surface area (Å²) in [4.78, 5) is 4.36. The highest BCUT2D eigenvalue weighted by molar-refractivity contribution is 5.98. The van der Waals surface area contributed by atoms with Crippen molar-refractivity contribution in [3.63, 3.8) is 0 Å². The van der Waals surface area contributed by atoms with E-state index in [-0.39, 0.29) is 6.61 Å². The van der Waals surface area contributed by atoms with Gasteiger partial charge in [-0.15, -0.1) is 0 Å². The third kappa shape index (κ3) is 3.70. The van der Waals surface area contributed by atoms with Crippen LogP contribution in [0.25, 0.3) is 10.9 Å². The van der Waals surface area contributed by atoms with Gasteiger partial charge in [0.25, 0.3) is 0 Å². The third-order valence-electron chi connectivity index (χ3n) is 3.52. The number of rotatable bonds is 6. The first kappa shape index (κ1) is 15.1. The Balaban J connectivity index is 1.61. The van der Waals surface area contributed by atoms with Gasteiger partial charge >= 0.3 is 0 Å². The Bertz CT molecular complexity index is 778. The van der Waals surface area contributed by atoms with Crippen LogP contribution in [-0.2, 0) is 0 Å². The number of aliphatic hydroxyl groups excluding tert-OH is 1. The fourth-order valence-electron chi connectivity index (χ4n) is 2.33. The molecular weight excluding hydrogens is 290 g/mol. The number of para-hydroxylation sites is 1. The van der Waals surface area contributed by atoms with Crippen molar-refractivity contribution in [2.24, 2.45) is 0 Å². The van der Waals surface area contributed by atoms with Crippen molar-refractivity contribution in [1.82, 2.24) is 4.98 Å². The summed E-state index contributed by atoms with van der Waals surface area (Å²) in [6.45, 7) is 0.583. The van der Waals surface area contributed by atoms with Gasteiger partial charge in [0.05, 0.1) is 11.2 Å². The van der Waals surface area contributed by atoms with Gasteiger partial charge in [0.2, 0.25) is 0 Å². The molecule has 0 spiro atoms. The van der Waals surface area contributed by atoms with Crippen molar-refractivity contribution in [3.05, 3.63) is 60.8 Å². The van der Waals surface area contributed by atoms with Gasteiger partial charge in [-0.2, -0.15) is 0 Å². The van der Waals surface area contributed by atoms with Gasteiger partial charge < -0.3 is 20.9 Å². The highest BCUT2D eigenvalue weighted by Gasteiger charge is 2.08. The van der Waals surface area contributed by atoms with Crippen LogP contribution in [0.1, 0.15) is 0 Å². The van der Waals surface area contributed by atoms with Crippen LogP contribution >= 0.6 is 0 Å². The molecule has 3 rings (SSSR count). The maximum absolute atomic E-state index is 10.1. The summed E-state index contributed by atoms with van der Waals surface area (Å²) < 4.78 is 5.54. The van der Waals surface area contributed by atoms with Crippen LogP contribution in [0.4, 0.5) is 11.4 Å². The molecule has 3 aromatic rings. The van der Waals surface area contributed by atoms with Gasteiger partial charge in [-0.05, 0) is 36.4 Å². The number of pyridine rings is 1. The molecule has 0 amide bonds. The van der Waals surface area contributed by atoms with Crippen molar-refractivity contribution in [3.8, 4) is 5.75 Å². The number of hydrogen-bond donors (Lipinski definition) is 3. The number of hydrogen-bond acceptors (Lipinski definition) is 5. The molecule has 0 aliphatic heterocycles. The van der Waals surface area contributed by atoms with Crippen LogP contribution in [0.5, 0.6) is 5.75 Å². The molecule has 118 valence electrons. The van der Waals surface area contributed by atoms with Crippen molar-refractivity contribution in [2.45, 2.75) is 6.10 Å². The highest BCUT2D eigenvalue weighted by Crippen LogP contribution is 2.26. The Morgan fingerprint density at radius 3 is 2.74 bits per heavy atom. The van der Waals surface area contributed by atoms with Crippen LogP contribution in [0.15, 0.2) is 60.8 Å². The van der Waals surface area contributed by atoms with E-state index in [1.807, 2.05) is 54.6 Å². The number of benzene rings is 2. The van der Waals surface area contributed by atoms with Crippen LogP contribution in [0.2, 0.25) is 0 Å². The second-order valence-electron chi connectivity index (χ2n) is 5.26. The van der Waals surface area contributed by atoms with Crippen molar-refractivity contribution in [1.29, 1.82) is 0 Å². The van der Waals surface area contributed by atoms with Crippen molar-refractivity contribution >= 4 is 22.3 Å². The standard InChI is InChI=1S/C18H19N3O2/c19-16-8-9-17(18-15(16)7-4-10-20-18)21-11-13(22)12-23-14-5-2-1-3-6-14/h1-10,13,21-22H,11-12,19H2. The lowest BCUT2D eigenvalue weighted by Gasteiger charge is -2.15. The summed E-state index contributed by atoms with van der Waals surface area (Å²) in [5.41, 5.74) is 8.28.